The third kappa shape index (κ3) is 4.49. The Labute approximate surface area is 123 Å². The maximum Gasteiger partial charge on any atom is 0.317 e. The van der Waals surface area contributed by atoms with Crippen LogP contribution in [-0.2, 0) is 16.3 Å². The minimum atomic E-state index is -2.94. The van der Waals surface area contributed by atoms with Crippen LogP contribution in [0.1, 0.15) is 11.8 Å². The van der Waals surface area contributed by atoms with Crippen LogP contribution in [0, 0.1) is 5.92 Å². The van der Waals surface area contributed by atoms with Crippen molar-refractivity contribution < 1.29 is 13.2 Å². The average molecular weight is 316 g/mol. The molecule has 5 nitrogen and oxygen atoms in total. The van der Waals surface area contributed by atoms with Crippen LogP contribution in [-0.4, -0.2) is 50.5 Å². The Morgan fingerprint density at radius 2 is 2.15 bits per heavy atom. The van der Waals surface area contributed by atoms with Gasteiger partial charge in [0, 0.05) is 24.5 Å². The fraction of sp³-hybridized carbons (Fsp3) is 0.615. The van der Waals surface area contributed by atoms with Gasteiger partial charge in [-0.1, -0.05) is 13.0 Å². The van der Waals surface area contributed by atoms with Crippen LogP contribution in [0.25, 0.3) is 0 Å². The monoisotopic (exact) mass is 316 g/mol. The van der Waals surface area contributed by atoms with E-state index in [9.17, 15) is 13.2 Å². The van der Waals surface area contributed by atoms with Gasteiger partial charge >= 0.3 is 6.03 Å². The number of sulfone groups is 1. The van der Waals surface area contributed by atoms with Crippen molar-refractivity contribution in [3.8, 4) is 0 Å². The highest BCUT2D eigenvalue weighted by molar-refractivity contribution is 7.91. The van der Waals surface area contributed by atoms with E-state index in [0.29, 0.717) is 25.6 Å². The minimum Gasteiger partial charge on any atom is -0.338 e. The molecule has 7 heteroatoms. The summed E-state index contributed by atoms with van der Waals surface area (Å²) in [6, 6.07) is 3.97. The van der Waals surface area contributed by atoms with E-state index < -0.39 is 9.84 Å². The SMILES string of the molecule is C[C@H](CNC(=O)N1CCS(=O)(=O)CC1)Cc1cccs1. The molecule has 0 bridgehead atoms. The van der Waals surface area contributed by atoms with Crippen molar-refractivity contribution >= 4 is 27.2 Å². The molecule has 1 atom stereocenters. The van der Waals surface area contributed by atoms with Crippen molar-refractivity contribution in [2.24, 2.45) is 5.92 Å². The lowest BCUT2D eigenvalue weighted by Gasteiger charge is -2.27. The first-order valence-electron chi connectivity index (χ1n) is 6.72. The van der Waals surface area contributed by atoms with Gasteiger partial charge in [-0.05, 0) is 23.8 Å². The molecule has 1 aromatic heterocycles. The Morgan fingerprint density at radius 1 is 1.45 bits per heavy atom. The van der Waals surface area contributed by atoms with E-state index in [1.54, 1.807) is 16.2 Å². The highest BCUT2D eigenvalue weighted by Gasteiger charge is 2.24. The largest absolute Gasteiger partial charge is 0.338 e. The number of hydrogen-bond acceptors (Lipinski definition) is 4. The van der Waals surface area contributed by atoms with Crippen LogP contribution in [0.15, 0.2) is 17.5 Å². The molecule has 1 saturated heterocycles. The second-order valence-electron chi connectivity index (χ2n) is 5.21. The number of carbonyl (C=O) groups is 1. The van der Waals surface area contributed by atoms with Crippen molar-refractivity contribution in [3.05, 3.63) is 22.4 Å². The zero-order valence-corrected chi connectivity index (χ0v) is 13.2. The van der Waals surface area contributed by atoms with Crippen molar-refractivity contribution in [2.75, 3.05) is 31.1 Å². The number of hydrogen-bond donors (Lipinski definition) is 1. The predicted octanol–water partition coefficient (Wildman–Crippen LogP) is 1.37. The summed E-state index contributed by atoms with van der Waals surface area (Å²) >= 11 is 1.72. The molecule has 1 aromatic rings. The second kappa shape index (κ2) is 6.58. The molecule has 0 aliphatic carbocycles. The highest BCUT2D eigenvalue weighted by Crippen LogP contribution is 2.14. The summed E-state index contributed by atoms with van der Waals surface area (Å²) in [5, 5.41) is 4.94. The van der Waals surface area contributed by atoms with Crippen molar-refractivity contribution in [3.63, 3.8) is 0 Å². The third-order valence-corrected chi connectivity index (χ3v) is 5.87. The second-order valence-corrected chi connectivity index (χ2v) is 8.55. The number of thiophene rings is 1. The number of carbonyl (C=O) groups excluding carboxylic acids is 1. The Hall–Kier alpha value is -1.08. The number of nitrogens with one attached hydrogen (secondary N) is 1. The molecule has 2 amide bonds. The van der Waals surface area contributed by atoms with E-state index in [4.69, 9.17) is 0 Å². The Bertz CT molecular complexity index is 526. The van der Waals surface area contributed by atoms with Gasteiger partial charge in [-0.15, -0.1) is 11.3 Å². The standard InChI is InChI=1S/C13H20N2O3S2/c1-11(9-12-3-2-6-19-12)10-14-13(16)15-4-7-20(17,18)8-5-15/h2-3,6,11H,4-5,7-10H2,1H3,(H,14,16)/t11-/m0/s1. The summed E-state index contributed by atoms with van der Waals surface area (Å²) in [6.07, 6.45) is 0.951. The van der Waals surface area contributed by atoms with Crippen molar-refractivity contribution in [1.82, 2.24) is 10.2 Å². The number of nitrogens with zero attached hydrogens (tertiary/aromatic N) is 1. The summed E-state index contributed by atoms with van der Waals surface area (Å²) in [5.41, 5.74) is 0. The van der Waals surface area contributed by atoms with Gasteiger partial charge in [0.25, 0.3) is 0 Å². The molecule has 1 aliphatic heterocycles. The van der Waals surface area contributed by atoms with Crippen LogP contribution < -0.4 is 5.32 Å². The van der Waals surface area contributed by atoms with Gasteiger partial charge < -0.3 is 10.2 Å². The first kappa shape index (κ1) is 15.3. The molecule has 112 valence electrons. The van der Waals surface area contributed by atoms with E-state index in [1.165, 1.54) is 4.88 Å². The van der Waals surface area contributed by atoms with Crippen LogP contribution in [0.3, 0.4) is 0 Å². The van der Waals surface area contributed by atoms with Crippen LogP contribution in [0.5, 0.6) is 0 Å². The van der Waals surface area contributed by atoms with Gasteiger partial charge in [0.15, 0.2) is 9.84 Å². The quantitative estimate of drug-likeness (QED) is 0.912. The van der Waals surface area contributed by atoms with Crippen molar-refractivity contribution in [1.29, 1.82) is 0 Å². The molecule has 0 spiro atoms. The molecular weight excluding hydrogens is 296 g/mol. The Balaban J connectivity index is 1.72. The fourth-order valence-electron chi connectivity index (χ4n) is 2.13. The molecule has 0 saturated carbocycles. The van der Waals surface area contributed by atoms with E-state index in [-0.39, 0.29) is 17.5 Å². The molecular formula is C13H20N2O3S2. The maximum atomic E-state index is 11.9. The van der Waals surface area contributed by atoms with E-state index in [1.807, 2.05) is 6.07 Å². The zero-order chi connectivity index (χ0) is 14.6. The first-order chi connectivity index (χ1) is 9.46. The molecule has 20 heavy (non-hydrogen) atoms. The lowest BCUT2D eigenvalue weighted by molar-refractivity contribution is 0.200. The van der Waals surface area contributed by atoms with Gasteiger partial charge in [0.05, 0.1) is 11.5 Å². The van der Waals surface area contributed by atoms with Gasteiger partial charge in [0.1, 0.15) is 0 Å². The Morgan fingerprint density at radius 3 is 2.75 bits per heavy atom. The lowest BCUT2D eigenvalue weighted by Crippen LogP contribution is -2.49. The summed E-state index contributed by atoms with van der Waals surface area (Å²) in [7, 11) is -2.94. The molecule has 1 aliphatic rings. The van der Waals surface area contributed by atoms with Crippen molar-refractivity contribution in [2.45, 2.75) is 13.3 Å². The minimum absolute atomic E-state index is 0.0746. The number of rotatable bonds is 4. The smallest absolute Gasteiger partial charge is 0.317 e. The Kier molecular flexibility index (Phi) is 5.04. The van der Waals surface area contributed by atoms with Gasteiger partial charge in [-0.3, -0.25) is 0 Å². The zero-order valence-electron chi connectivity index (χ0n) is 11.5. The normalized spacial score (nSPS) is 19.6. The van der Waals surface area contributed by atoms with Crippen LogP contribution in [0.2, 0.25) is 0 Å². The first-order valence-corrected chi connectivity index (χ1v) is 9.42. The fourth-order valence-corrected chi connectivity index (χ4v) is 4.20. The molecule has 1 N–H and O–H groups in total. The lowest BCUT2D eigenvalue weighted by atomic mass is 10.1. The molecule has 2 heterocycles. The van der Waals surface area contributed by atoms with E-state index >= 15 is 0 Å². The molecule has 1 fully saturated rings. The topological polar surface area (TPSA) is 66.5 Å². The van der Waals surface area contributed by atoms with Gasteiger partial charge in [-0.2, -0.15) is 0 Å². The maximum absolute atomic E-state index is 11.9. The molecule has 0 unspecified atom stereocenters. The summed E-state index contributed by atoms with van der Waals surface area (Å²) in [6.45, 7) is 3.31. The van der Waals surface area contributed by atoms with E-state index in [2.05, 4.69) is 23.7 Å². The summed E-state index contributed by atoms with van der Waals surface area (Å²) in [4.78, 5) is 14.8. The predicted molar refractivity (Wildman–Crippen MR) is 80.8 cm³/mol. The van der Waals surface area contributed by atoms with Crippen LogP contribution in [0.4, 0.5) is 4.79 Å². The summed E-state index contributed by atoms with van der Waals surface area (Å²) in [5.74, 6) is 0.516. The van der Waals surface area contributed by atoms with Gasteiger partial charge in [-0.25, -0.2) is 13.2 Å². The average Bonchev–Trinajstić information content (AvgIpc) is 2.88. The highest BCUT2D eigenvalue weighted by atomic mass is 32.2. The molecule has 2 rings (SSSR count). The van der Waals surface area contributed by atoms with Gasteiger partial charge in [0.2, 0.25) is 0 Å². The third-order valence-electron chi connectivity index (χ3n) is 3.36. The molecule has 0 aromatic carbocycles. The summed E-state index contributed by atoms with van der Waals surface area (Å²) < 4.78 is 22.6. The number of amides is 2. The van der Waals surface area contributed by atoms with Crippen LogP contribution >= 0.6 is 11.3 Å². The van der Waals surface area contributed by atoms with E-state index in [0.717, 1.165) is 6.42 Å². The molecule has 0 radical (unpaired) electrons. The number of urea groups is 1.